The van der Waals surface area contributed by atoms with Crippen LogP contribution in [0, 0.1) is 11.8 Å². The van der Waals surface area contributed by atoms with Crippen molar-refractivity contribution in [1.29, 1.82) is 0 Å². The fraction of sp³-hybridized carbons (Fsp3) is 0.450. The molecule has 0 aliphatic heterocycles. The second-order valence-electron chi connectivity index (χ2n) is 6.44. The highest BCUT2D eigenvalue weighted by molar-refractivity contribution is 5.81. The number of carbonyl (C=O) groups is 1. The van der Waals surface area contributed by atoms with Crippen LogP contribution in [0.5, 0.6) is 0 Å². The predicted octanol–water partition coefficient (Wildman–Crippen LogP) is 3.51. The van der Waals surface area contributed by atoms with Crippen LogP contribution in [0.1, 0.15) is 34.6 Å². The fourth-order valence-electron chi connectivity index (χ4n) is 2.55. The van der Waals surface area contributed by atoms with Crippen LogP contribution < -0.4 is 0 Å². The van der Waals surface area contributed by atoms with Gasteiger partial charge in [-0.2, -0.15) is 0 Å². The molecule has 0 spiro atoms. The van der Waals surface area contributed by atoms with E-state index in [2.05, 4.69) is 19.9 Å². The molecule has 0 amide bonds. The molecule has 0 aromatic heterocycles. The summed E-state index contributed by atoms with van der Waals surface area (Å²) in [5.74, 6) is -0.479. The van der Waals surface area contributed by atoms with E-state index in [0.29, 0.717) is 11.5 Å². The zero-order valence-electron chi connectivity index (χ0n) is 14.7. The summed E-state index contributed by atoms with van der Waals surface area (Å²) in [6, 6.07) is 0. The molecule has 0 bridgehead atoms. The minimum atomic E-state index is -0.970. The van der Waals surface area contributed by atoms with Gasteiger partial charge in [0.1, 0.15) is 5.78 Å². The van der Waals surface area contributed by atoms with Gasteiger partial charge in [0, 0.05) is 0 Å². The Hall–Kier alpha value is -1.71. The molecule has 2 N–H and O–H groups in total. The minimum Gasteiger partial charge on any atom is -0.388 e. The van der Waals surface area contributed by atoms with Crippen LogP contribution in [0.2, 0.25) is 0 Å². The molecule has 3 heteroatoms. The molecule has 1 rings (SSSR count). The maximum atomic E-state index is 11.6. The summed E-state index contributed by atoms with van der Waals surface area (Å²) in [6.07, 6.45) is 11.5. The summed E-state index contributed by atoms with van der Waals surface area (Å²) in [6.45, 7) is 9.48. The first-order chi connectivity index (χ1) is 10.7. The second-order valence-corrected chi connectivity index (χ2v) is 6.44. The van der Waals surface area contributed by atoms with Crippen LogP contribution in [0.15, 0.2) is 59.3 Å². The summed E-state index contributed by atoms with van der Waals surface area (Å²) in [5.41, 5.74) is 2.57. The van der Waals surface area contributed by atoms with Crippen molar-refractivity contribution in [2.75, 3.05) is 0 Å². The maximum absolute atomic E-state index is 11.6. The van der Waals surface area contributed by atoms with E-state index in [0.717, 1.165) is 11.1 Å². The first kappa shape index (κ1) is 19.3. The monoisotopic (exact) mass is 316 g/mol. The molecule has 0 aromatic carbocycles. The van der Waals surface area contributed by atoms with Gasteiger partial charge in [-0.15, -0.1) is 0 Å². The Balaban J connectivity index is 2.92. The molecule has 3 nitrogen and oxygen atoms in total. The third kappa shape index (κ3) is 5.77. The third-order valence-electron chi connectivity index (χ3n) is 3.86. The number of rotatable bonds is 5. The Morgan fingerprint density at radius 3 is 2.43 bits per heavy atom. The number of Topliss-reactive ketones (excluding diaryl/α,β-unsaturated/α-hetero) is 1. The summed E-state index contributed by atoms with van der Waals surface area (Å²) in [5, 5.41) is 20.3. The SMILES string of the molecule is CC(=O)[C@@H]1[C@H](O)C=C(C)\C(=C/C=C/C(C)=C/C=C/C(C)C)[C@H]1O. The van der Waals surface area contributed by atoms with Gasteiger partial charge in [-0.25, -0.2) is 0 Å². The maximum Gasteiger partial charge on any atom is 0.138 e. The number of hydrogen-bond acceptors (Lipinski definition) is 3. The Morgan fingerprint density at radius 1 is 1.22 bits per heavy atom. The molecule has 0 fully saturated rings. The van der Waals surface area contributed by atoms with E-state index in [1.165, 1.54) is 6.92 Å². The molecule has 23 heavy (non-hydrogen) atoms. The first-order valence-corrected chi connectivity index (χ1v) is 8.02. The van der Waals surface area contributed by atoms with Gasteiger partial charge in [-0.1, -0.05) is 62.0 Å². The van der Waals surface area contributed by atoms with E-state index in [1.807, 2.05) is 44.2 Å². The van der Waals surface area contributed by atoms with Crippen molar-refractivity contribution in [3.8, 4) is 0 Å². The van der Waals surface area contributed by atoms with Gasteiger partial charge in [-0.3, -0.25) is 4.79 Å². The molecule has 0 heterocycles. The molecule has 126 valence electrons. The van der Waals surface area contributed by atoms with Gasteiger partial charge in [0.05, 0.1) is 18.1 Å². The lowest BCUT2D eigenvalue weighted by molar-refractivity contribution is -0.127. The Bertz CT molecular complexity index is 574. The lowest BCUT2D eigenvalue weighted by Gasteiger charge is -2.31. The summed E-state index contributed by atoms with van der Waals surface area (Å²) in [7, 11) is 0. The summed E-state index contributed by atoms with van der Waals surface area (Å²) < 4.78 is 0. The topological polar surface area (TPSA) is 57.5 Å². The zero-order valence-corrected chi connectivity index (χ0v) is 14.7. The van der Waals surface area contributed by atoms with Crippen LogP contribution in [-0.4, -0.2) is 28.2 Å². The molecule has 1 aliphatic carbocycles. The van der Waals surface area contributed by atoms with Crippen molar-refractivity contribution < 1.29 is 15.0 Å². The lowest BCUT2D eigenvalue weighted by atomic mass is 9.79. The van der Waals surface area contributed by atoms with Crippen molar-refractivity contribution in [1.82, 2.24) is 0 Å². The number of carbonyl (C=O) groups excluding carboxylic acids is 1. The van der Waals surface area contributed by atoms with E-state index >= 15 is 0 Å². The molecule has 0 saturated heterocycles. The van der Waals surface area contributed by atoms with Crippen molar-refractivity contribution in [2.24, 2.45) is 11.8 Å². The van der Waals surface area contributed by atoms with Gasteiger partial charge in [0.25, 0.3) is 0 Å². The van der Waals surface area contributed by atoms with Crippen molar-refractivity contribution in [3.05, 3.63) is 59.3 Å². The van der Waals surface area contributed by atoms with Crippen molar-refractivity contribution in [2.45, 2.75) is 46.8 Å². The summed E-state index contributed by atoms with van der Waals surface area (Å²) >= 11 is 0. The van der Waals surface area contributed by atoms with Crippen molar-refractivity contribution >= 4 is 5.78 Å². The molecule has 0 unspecified atom stereocenters. The lowest BCUT2D eigenvalue weighted by Crippen LogP contribution is -2.40. The average Bonchev–Trinajstić information content (AvgIpc) is 2.41. The molecule has 1 aliphatic rings. The molecule has 3 atom stereocenters. The number of aliphatic hydroxyl groups excluding tert-OH is 2. The van der Waals surface area contributed by atoms with Gasteiger partial charge in [0.15, 0.2) is 0 Å². The standard InChI is InChI=1S/C20H28O3/c1-13(2)8-6-9-14(3)10-7-11-17-15(4)12-18(22)19(16(5)21)20(17)23/h6-13,18-20,22-23H,1-5H3/b8-6+,10-7+,14-9+,17-11+/t18-,19-,20-/m1/s1. The average molecular weight is 316 g/mol. The Kier molecular flexibility index (Phi) is 7.40. The van der Waals surface area contributed by atoms with Crippen LogP contribution >= 0.6 is 0 Å². The first-order valence-electron chi connectivity index (χ1n) is 8.02. The van der Waals surface area contributed by atoms with E-state index in [4.69, 9.17) is 0 Å². The molecular formula is C20H28O3. The number of hydrogen-bond donors (Lipinski definition) is 2. The zero-order chi connectivity index (χ0) is 17.6. The number of ketones is 1. The van der Waals surface area contributed by atoms with Gasteiger partial charge in [0.2, 0.25) is 0 Å². The smallest absolute Gasteiger partial charge is 0.138 e. The number of allylic oxidation sites excluding steroid dienone is 7. The van der Waals surface area contributed by atoms with Crippen LogP contribution in [0.3, 0.4) is 0 Å². The molecular weight excluding hydrogens is 288 g/mol. The van der Waals surface area contributed by atoms with E-state index in [9.17, 15) is 15.0 Å². The number of aliphatic hydroxyl groups is 2. The van der Waals surface area contributed by atoms with E-state index in [1.54, 1.807) is 6.08 Å². The third-order valence-corrected chi connectivity index (χ3v) is 3.86. The van der Waals surface area contributed by atoms with E-state index < -0.39 is 18.1 Å². The normalized spacial score (nSPS) is 28.2. The van der Waals surface area contributed by atoms with Crippen LogP contribution in [0.4, 0.5) is 0 Å². The highest BCUT2D eigenvalue weighted by atomic mass is 16.3. The van der Waals surface area contributed by atoms with Crippen LogP contribution in [0.25, 0.3) is 0 Å². The highest BCUT2D eigenvalue weighted by Crippen LogP contribution is 2.30. The minimum absolute atomic E-state index is 0.210. The quantitative estimate of drug-likeness (QED) is 0.763. The van der Waals surface area contributed by atoms with E-state index in [-0.39, 0.29) is 5.78 Å². The summed E-state index contributed by atoms with van der Waals surface area (Å²) in [4.78, 5) is 11.6. The molecule has 0 aromatic rings. The largest absolute Gasteiger partial charge is 0.388 e. The van der Waals surface area contributed by atoms with Crippen LogP contribution in [-0.2, 0) is 4.79 Å². The van der Waals surface area contributed by atoms with Crippen molar-refractivity contribution in [3.63, 3.8) is 0 Å². The van der Waals surface area contributed by atoms with Gasteiger partial charge in [-0.05, 0) is 37.8 Å². The second kappa shape index (κ2) is 8.80. The Morgan fingerprint density at radius 2 is 1.87 bits per heavy atom. The molecule has 0 radical (unpaired) electrons. The van der Waals surface area contributed by atoms with Gasteiger partial charge < -0.3 is 10.2 Å². The highest BCUT2D eigenvalue weighted by Gasteiger charge is 2.36. The molecule has 0 saturated carbocycles. The predicted molar refractivity (Wildman–Crippen MR) is 94.9 cm³/mol. The fourth-order valence-corrected chi connectivity index (χ4v) is 2.55. The van der Waals surface area contributed by atoms with Gasteiger partial charge >= 0.3 is 0 Å². The Labute approximate surface area is 139 Å².